The average molecular weight is 198 g/mol. The Labute approximate surface area is 86.0 Å². The Morgan fingerprint density at radius 1 is 1.08 bits per heavy atom. The topological polar surface area (TPSA) is 0 Å². The van der Waals surface area contributed by atoms with Crippen LogP contribution in [-0.4, -0.2) is 8.80 Å². The molecule has 0 amide bonds. The first kappa shape index (κ1) is 13.0. The molecule has 1 unspecified atom stereocenters. The van der Waals surface area contributed by atoms with Crippen LogP contribution in [0, 0.1) is 5.41 Å². The highest BCUT2D eigenvalue weighted by molar-refractivity contribution is 6.66. The number of allylic oxidation sites excluding steroid dienone is 1. The fourth-order valence-electron chi connectivity index (χ4n) is 1.02. The second kappa shape index (κ2) is 4.45. The lowest BCUT2D eigenvalue weighted by atomic mass is 9.98. The zero-order valence-corrected chi connectivity index (χ0v) is 11.6. The van der Waals surface area contributed by atoms with Crippen LogP contribution in [0.3, 0.4) is 0 Å². The van der Waals surface area contributed by atoms with E-state index in [1.807, 2.05) is 0 Å². The molecule has 0 radical (unpaired) electrons. The highest BCUT2D eigenvalue weighted by atomic mass is 28.3. The summed E-state index contributed by atoms with van der Waals surface area (Å²) in [5.74, 6) is 0. The van der Waals surface area contributed by atoms with Gasteiger partial charge in [-0.25, -0.2) is 0 Å². The summed E-state index contributed by atoms with van der Waals surface area (Å²) in [6, 6.07) is 0. The lowest BCUT2D eigenvalue weighted by Crippen LogP contribution is -2.22. The molecule has 0 aromatic heterocycles. The third-order valence-corrected chi connectivity index (χ3v) is 6.67. The van der Waals surface area contributed by atoms with Crippen LogP contribution in [0.15, 0.2) is 11.8 Å². The van der Waals surface area contributed by atoms with Crippen LogP contribution in [0.1, 0.15) is 48.0 Å². The minimum Gasteiger partial charge on any atom is -0.101 e. The maximum absolute atomic E-state index is 2.50. The first-order valence-corrected chi connectivity index (χ1v) is 7.78. The van der Waals surface area contributed by atoms with Gasteiger partial charge in [0.05, 0.1) is 8.80 Å². The van der Waals surface area contributed by atoms with Gasteiger partial charge in [-0.2, -0.15) is 0 Å². The van der Waals surface area contributed by atoms with Crippen LogP contribution in [0.4, 0.5) is 0 Å². The van der Waals surface area contributed by atoms with Crippen molar-refractivity contribution in [3.8, 4) is 0 Å². The maximum Gasteiger partial charge on any atom is 0.0636 e. The van der Waals surface area contributed by atoms with E-state index in [2.05, 4.69) is 59.9 Å². The van der Waals surface area contributed by atoms with Gasteiger partial charge in [-0.15, -0.1) is 5.70 Å². The molecule has 0 saturated heterocycles. The van der Waals surface area contributed by atoms with Crippen LogP contribution in [0.25, 0.3) is 0 Å². The lowest BCUT2D eigenvalue weighted by molar-refractivity contribution is 0.544. The molecule has 0 aliphatic heterocycles. The Morgan fingerprint density at radius 3 is 1.85 bits per heavy atom. The summed E-state index contributed by atoms with van der Waals surface area (Å²) in [4.78, 5) is 0. The monoisotopic (exact) mass is 198 g/mol. The van der Waals surface area contributed by atoms with Gasteiger partial charge in [0.25, 0.3) is 0 Å². The molecular formula is C12H26Si. The average Bonchev–Trinajstić information content (AvgIpc) is 1.98. The van der Waals surface area contributed by atoms with Gasteiger partial charge < -0.3 is 0 Å². The fourth-order valence-corrected chi connectivity index (χ4v) is 3.05. The molecule has 0 fully saturated rings. The van der Waals surface area contributed by atoms with Crippen molar-refractivity contribution in [2.24, 2.45) is 5.41 Å². The van der Waals surface area contributed by atoms with Gasteiger partial charge in [0.15, 0.2) is 0 Å². The van der Waals surface area contributed by atoms with E-state index >= 15 is 0 Å². The van der Waals surface area contributed by atoms with Crippen molar-refractivity contribution < 1.29 is 0 Å². The van der Waals surface area contributed by atoms with Gasteiger partial charge in [-0.1, -0.05) is 60.6 Å². The molecule has 0 bridgehead atoms. The van der Waals surface area contributed by atoms with Crippen molar-refractivity contribution >= 4 is 8.80 Å². The summed E-state index contributed by atoms with van der Waals surface area (Å²) in [5.41, 5.74) is 2.86. The second-order valence-electron chi connectivity index (χ2n) is 5.86. The van der Waals surface area contributed by atoms with Gasteiger partial charge >= 0.3 is 0 Å². The summed E-state index contributed by atoms with van der Waals surface area (Å²) in [6.07, 6.45) is 3.69. The van der Waals surface area contributed by atoms with E-state index in [9.17, 15) is 0 Å². The third kappa shape index (κ3) is 5.30. The summed E-state index contributed by atoms with van der Waals surface area (Å²) in [5, 5.41) is 0.571. The highest BCUT2D eigenvalue weighted by Crippen LogP contribution is 2.33. The smallest absolute Gasteiger partial charge is 0.0636 e. The Morgan fingerprint density at radius 2 is 1.54 bits per heavy atom. The van der Waals surface area contributed by atoms with Crippen molar-refractivity contribution in [1.82, 2.24) is 0 Å². The van der Waals surface area contributed by atoms with Crippen LogP contribution < -0.4 is 0 Å². The van der Waals surface area contributed by atoms with Crippen molar-refractivity contribution in [3.63, 3.8) is 0 Å². The van der Waals surface area contributed by atoms with Crippen LogP contribution in [0.2, 0.25) is 11.6 Å². The molecule has 1 heteroatoms. The predicted octanol–water partition coefficient (Wildman–Crippen LogP) is 4.18. The SMILES string of the molecule is CCC(C)(C)[SiH](C)C=CC(C)(C)C. The van der Waals surface area contributed by atoms with E-state index in [1.54, 1.807) is 0 Å². The molecule has 0 spiro atoms. The van der Waals surface area contributed by atoms with E-state index < -0.39 is 8.80 Å². The van der Waals surface area contributed by atoms with Crippen molar-refractivity contribution in [3.05, 3.63) is 11.8 Å². The molecular weight excluding hydrogens is 172 g/mol. The molecule has 0 aliphatic rings. The molecule has 0 heterocycles. The van der Waals surface area contributed by atoms with Crippen LogP contribution in [-0.2, 0) is 0 Å². The zero-order valence-electron chi connectivity index (χ0n) is 10.4. The zero-order chi connectivity index (χ0) is 10.7. The number of hydrogen-bond donors (Lipinski definition) is 0. The maximum atomic E-state index is 2.50. The molecule has 13 heavy (non-hydrogen) atoms. The third-order valence-electron chi connectivity index (χ3n) is 3.03. The quantitative estimate of drug-likeness (QED) is 0.597. The van der Waals surface area contributed by atoms with Gasteiger partial charge in [0.2, 0.25) is 0 Å². The van der Waals surface area contributed by atoms with Crippen molar-refractivity contribution in [1.29, 1.82) is 0 Å². The Balaban J connectivity index is 4.31. The number of hydrogen-bond acceptors (Lipinski definition) is 0. The first-order valence-electron chi connectivity index (χ1n) is 5.38. The lowest BCUT2D eigenvalue weighted by Gasteiger charge is -2.27. The van der Waals surface area contributed by atoms with Crippen molar-refractivity contribution in [2.75, 3.05) is 0 Å². The molecule has 0 saturated carbocycles. The largest absolute Gasteiger partial charge is 0.101 e. The molecule has 78 valence electrons. The van der Waals surface area contributed by atoms with Crippen LogP contribution in [0.5, 0.6) is 0 Å². The number of rotatable bonds is 3. The van der Waals surface area contributed by atoms with E-state index in [0.29, 0.717) is 10.5 Å². The fraction of sp³-hybridized carbons (Fsp3) is 0.833. The minimum absolute atomic E-state index is 0.352. The molecule has 0 N–H and O–H groups in total. The molecule has 0 aromatic carbocycles. The molecule has 0 rings (SSSR count). The molecule has 0 nitrogen and oxygen atoms in total. The Bertz CT molecular complexity index is 172. The first-order chi connectivity index (χ1) is 5.69. The minimum atomic E-state index is -0.692. The van der Waals surface area contributed by atoms with Gasteiger partial charge in [-0.3, -0.25) is 0 Å². The summed E-state index contributed by atoms with van der Waals surface area (Å²) >= 11 is 0. The van der Waals surface area contributed by atoms with E-state index in [1.165, 1.54) is 6.42 Å². The molecule has 1 atom stereocenters. The van der Waals surface area contributed by atoms with E-state index in [-0.39, 0.29) is 0 Å². The molecule has 0 aromatic rings. The molecule has 0 aliphatic carbocycles. The van der Waals surface area contributed by atoms with Crippen molar-refractivity contribution in [2.45, 2.75) is 59.5 Å². The van der Waals surface area contributed by atoms with Gasteiger partial charge in [0, 0.05) is 0 Å². The summed E-state index contributed by atoms with van der Waals surface area (Å²) < 4.78 is 0. The summed E-state index contributed by atoms with van der Waals surface area (Å²) in [7, 11) is -0.692. The Kier molecular flexibility index (Phi) is 4.44. The van der Waals surface area contributed by atoms with E-state index in [4.69, 9.17) is 0 Å². The van der Waals surface area contributed by atoms with E-state index in [0.717, 1.165) is 0 Å². The van der Waals surface area contributed by atoms with Crippen LogP contribution >= 0.6 is 0 Å². The Hall–Kier alpha value is -0.0431. The van der Waals surface area contributed by atoms with Gasteiger partial charge in [-0.05, 0) is 10.5 Å². The summed E-state index contributed by atoms with van der Waals surface area (Å²) in [6.45, 7) is 16.4. The highest BCUT2D eigenvalue weighted by Gasteiger charge is 2.23. The standard InChI is InChI=1S/C12H26Si/c1-8-12(5,6)13(7)10-9-11(2,3)4/h9-10,13H,8H2,1-7H3. The predicted molar refractivity (Wildman–Crippen MR) is 65.9 cm³/mol. The second-order valence-corrected chi connectivity index (χ2v) is 9.38. The normalized spacial score (nSPS) is 16.5. The van der Waals surface area contributed by atoms with Gasteiger partial charge in [0.1, 0.15) is 0 Å².